The molecule has 1 saturated carbocycles. The van der Waals surface area contributed by atoms with Crippen LogP contribution in [0.5, 0.6) is 0 Å². The van der Waals surface area contributed by atoms with Gasteiger partial charge in [-0.3, -0.25) is 9.78 Å². The smallest absolute Gasteiger partial charge is 0.407 e. The van der Waals surface area contributed by atoms with E-state index in [1.165, 1.54) is 36.2 Å². The number of halogens is 2. The molecule has 3 rings (SSSR count). The zero-order valence-corrected chi connectivity index (χ0v) is 16.7. The Hall–Kier alpha value is -2.80. The minimum Gasteiger partial charge on any atom is -0.465 e. The molecule has 2 heterocycles. The van der Waals surface area contributed by atoms with Crippen molar-refractivity contribution in [2.75, 3.05) is 19.6 Å². The number of amides is 2. The van der Waals surface area contributed by atoms with Crippen molar-refractivity contribution >= 4 is 12.0 Å². The normalized spacial score (nSPS) is 17.9. The van der Waals surface area contributed by atoms with Crippen molar-refractivity contribution in [1.29, 1.82) is 5.26 Å². The fraction of sp³-hybridized carbons (Fsp3) is 0.600. The van der Waals surface area contributed by atoms with Gasteiger partial charge in [-0.25, -0.2) is 13.6 Å². The van der Waals surface area contributed by atoms with Crippen LogP contribution in [0.3, 0.4) is 0 Å². The highest BCUT2D eigenvalue weighted by molar-refractivity contribution is 5.81. The Morgan fingerprint density at radius 1 is 1.37 bits per heavy atom. The largest absolute Gasteiger partial charge is 0.465 e. The van der Waals surface area contributed by atoms with Crippen LogP contribution >= 0.6 is 0 Å². The predicted molar refractivity (Wildman–Crippen MR) is 105 cm³/mol. The number of carboxylic acid groups (broad SMARTS) is 1. The number of hydrogen-bond acceptors (Lipinski definition) is 5. The number of alkyl halides is 2. The Morgan fingerprint density at radius 2 is 2.03 bits per heavy atom. The molecule has 30 heavy (non-hydrogen) atoms. The van der Waals surface area contributed by atoms with E-state index < -0.39 is 36.8 Å². The van der Waals surface area contributed by atoms with Crippen LogP contribution in [0.2, 0.25) is 0 Å². The van der Waals surface area contributed by atoms with Gasteiger partial charge in [0.15, 0.2) is 0 Å². The summed E-state index contributed by atoms with van der Waals surface area (Å²) in [6.45, 7) is 1.27. The third-order valence-corrected chi connectivity index (χ3v) is 5.43. The number of nitrogens with zero attached hydrogens (tertiary/aromatic N) is 3. The van der Waals surface area contributed by atoms with Crippen molar-refractivity contribution in [3.05, 3.63) is 30.1 Å². The second-order valence-electron chi connectivity index (χ2n) is 7.85. The van der Waals surface area contributed by atoms with Gasteiger partial charge in [-0.15, -0.1) is 0 Å². The minimum absolute atomic E-state index is 0.249. The zero-order chi connectivity index (χ0) is 22.2. The molecule has 1 spiro atoms. The maximum atomic E-state index is 13.7. The molecule has 0 unspecified atom stereocenters. The molecule has 1 aromatic heterocycles. The quantitative estimate of drug-likeness (QED) is 0.601. The topological polar surface area (TPSA) is 132 Å². The van der Waals surface area contributed by atoms with E-state index in [1.54, 1.807) is 12.1 Å². The van der Waals surface area contributed by atoms with Gasteiger partial charge in [-0.2, -0.15) is 5.26 Å². The SMILES string of the molecule is N#CCNC(=O)[C@@H](N)CC(F)(F)Cc1cccnc1.O=C(O)N1CCC2(CC1)CC2. The van der Waals surface area contributed by atoms with Crippen LogP contribution in [-0.2, 0) is 11.2 Å². The van der Waals surface area contributed by atoms with Gasteiger partial charge in [0.05, 0.1) is 12.1 Å². The highest BCUT2D eigenvalue weighted by atomic mass is 19.3. The van der Waals surface area contributed by atoms with Gasteiger partial charge in [0, 0.05) is 38.3 Å². The molecule has 1 aromatic rings. The zero-order valence-electron chi connectivity index (χ0n) is 16.7. The first-order valence-corrected chi connectivity index (χ1v) is 9.81. The monoisotopic (exact) mass is 423 g/mol. The number of rotatable bonds is 6. The lowest BCUT2D eigenvalue weighted by molar-refractivity contribution is -0.124. The minimum atomic E-state index is -3.10. The van der Waals surface area contributed by atoms with Crippen molar-refractivity contribution in [3.8, 4) is 6.07 Å². The summed E-state index contributed by atoms with van der Waals surface area (Å²) in [6.07, 6.45) is 5.64. The Balaban J connectivity index is 0.000000244. The fourth-order valence-electron chi connectivity index (χ4n) is 3.39. The Morgan fingerprint density at radius 3 is 2.53 bits per heavy atom. The first kappa shape index (κ1) is 23.5. The number of piperidine rings is 1. The Kier molecular flexibility index (Phi) is 8.06. The van der Waals surface area contributed by atoms with Crippen molar-refractivity contribution in [2.24, 2.45) is 11.1 Å². The summed E-state index contributed by atoms with van der Waals surface area (Å²) in [5, 5.41) is 19.1. The number of nitriles is 1. The number of carbonyl (C=O) groups excluding carboxylic acids is 1. The van der Waals surface area contributed by atoms with Crippen LogP contribution in [-0.4, -0.2) is 58.6 Å². The summed E-state index contributed by atoms with van der Waals surface area (Å²) < 4.78 is 27.4. The summed E-state index contributed by atoms with van der Waals surface area (Å²) in [5.74, 6) is -3.86. The molecule has 1 atom stereocenters. The molecule has 8 nitrogen and oxygen atoms in total. The van der Waals surface area contributed by atoms with Crippen LogP contribution in [0, 0.1) is 16.7 Å². The molecule has 2 aliphatic rings. The average Bonchev–Trinajstić information content (AvgIpc) is 3.45. The summed E-state index contributed by atoms with van der Waals surface area (Å²) in [6, 6.07) is 3.42. The molecule has 10 heteroatoms. The van der Waals surface area contributed by atoms with Gasteiger partial charge < -0.3 is 21.1 Å². The van der Waals surface area contributed by atoms with Crippen molar-refractivity contribution in [1.82, 2.24) is 15.2 Å². The first-order valence-electron chi connectivity index (χ1n) is 9.81. The number of likely N-dealkylation sites (tertiary alicyclic amines) is 1. The molecular formula is C20H27F2N5O3. The van der Waals surface area contributed by atoms with E-state index in [1.807, 2.05) is 0 Å². The fourth-order valence-corrected chi connectivity index (χ4v) is 3.39. The summed E-state index contributed by atoms with van der Waals surface area (Å²) in [7, 11) is 0. The maximum Gasteiger partial charge on any atom is 0.407 e. The Bertz CT molecular complexity index is 755. The van der Waals surface area contributed by atoms with Gasteiger partial charge in [-0.05, 0) is 42.7 Å². The third kappa shape index (κ3) is 7.55. The summed E-state index contributed by atoms with van der Waals surface area (Å²) >= 11 is 0. The van der Waals surface area contributed by atoms with Gasteiger partial charge in [0.25, 0.3) is 5.92 Å². The molecule has 1 aliphatic carbocycles. The molecule has 1 aliphatic heterocycles. The van der Waals surface area contributed by atoms with Crippen molar-refractivity contribution in [2.45, 2.75) is 50.5 Å². The lowest BCUT2D eigenvalue weighted by Crippen LogP contribution is -2.44. The van der Waals surface area contributed by atoms with Crippen LogP contribution in [0.15, 0.2) is 24.5 Å². The standard InChI is InChI=1S/C12H14F2N4O.C8H13NO2/c13-12(14,6-9-2-1-4-17-8-9)7-10(16)11(19)18-5-3-15;10-7(11)9-5-3-8(1-2-8)4-6-9/h1-2,4,8,10H,5-7,16H2,(H,18,19);1-6H2,(H,10,11)/t10-;/m0./s1. The molecular weight excluding hydrogens is 396 g/mol. The molecule has 1 saturated heterocycles. The first-order chi connectivity index (χ1) is 14.2. The number of nitrogens with two attached hydrogens (primary N) is 1. The van der Waals surface area contributed by atoms with Crippen LogP contribution in [0.4, 0.5) is 13.6 Å². The van der Waals surface area contributed by atoms with E-state index in [-0.39, 0.29) is 6.54 Å². The van der Waals surface area contributed by atoms with E-state index in [0.717, 1.165) is 25.9 Å². The number of nitrogens with one attached hydrogen (secondary N) is 1. The van der Waals surface area contributed by atoms with Crippen molar-refractivity contribution in [3.63, 3.8) is 0 Å². The van der Waals surface area contributed by atoms with E-state index in [0.29, 0.717) is 11.0 Å². The molecule has 0 aromatic carbocycles. The van der Waals surface area contributed by atoms with E-state index in [2.05, 4.69) is 10.3 Å². The highest BCUT2D eigenvalue weighted by Gasteiger charge is 2.45. The molecule has 2 fully saturated rings. The molecule has 0 bridgehead atoms. The average molecular weight is 423 g/mol. The number of pyridine rings is 1. The van der Waals surface area contributed by atoms with Gasteiger partial charge in [0.2, 0.25) is 5.91 Å². The van der Waals surface area contributed by atoms with Gasteiger partial charge >= 0.3 is 6.09 Å². The molecule has 0 radical (unpaired) electrons. The lowest BCUT2D eigenvalue weighted by atomic mass is 9.94. The van der Waals surface area contributed by atoms with E-state index in [9.17, 15) is 18.4 Å². The second-order valence-corrected chi connectivity index (χ2v) is 7.85. The van der Waals surface area contributed by atoms with E-state index >= 15 is 0 Å². The predicted octanol–water partition coefficient (Wildman–Crippen LogP) is 2.16. The third-order valence-electron chi connectivity index (χ3n) is 5.43. The molecule has 4 N–H and O–H groups in total. The molecule has 164 valence electrons. The second kappa shape index (κ2) is 10.3. The van der Waals surface area contributed by atoms with Crippen LogP contribution in [0.25, 0.3) is 0 Å². The Labute approximate surface area is 174 Å². The summed E-state index contributed by atoms with van der Waals surface area (Å²) in [4.78, 5) is 27.1. The highest BCUT2D eigenvalue weighted by Crippen LogP contribution is 2.53. The van der Waals surface area contributed by atoms with Crippen LogP contribution in [0.1, 0.15) is 37.7 Å². The number of carbonyl (C=O) groups is 2. The van der Waals surface area contributed by atoms with Crippen molar-refractivity contribution < 1.29 is 23.5 Å². The van der Waals surface area contributed by atoms with E-state index in [4.69, 9.17) is 16.1 Å². The van der Waals surface area contributed by atoms with Gasteiger partial charge in [0.1, 0.15) is 6.54 Å². The molecule has 2 amide bonds. The van der Waals surface area contributed by atoms with Crippen LogP contribution < -0.4 is 11.1 Å². The number of hydrogen-bond donors (Lipinski definition) is 3. The van der Waals surface area contributed by atoms with Gasteiger partial charge in [-0.1, -0.05) is 6.07 Å². The maximum absolute atomic E-state index is 13.7. The number of aromatic nitrogens is 1. The lowest BCUT2D eigenvalue weighted by Gasteiger charge is -2.29. The summed E-state index contributed by atoms with van der Waals surface area (Å²) in [5.41, 5.74) is 6.34.